The molecule has 0 aromatic heterocycles. The molecule has 31 heavy (non-hydrogen) atoms. The summed E-state index contributed by atoms with van der Waals surface area (Å²) in [5.74, 6) is 5.17. The van der Waals surface area contributed by atoms with Crippen molar-refractivity contribution in [1.82, 2.24) is 0 Å². The standard InChI is InChI=1S/C29H48O2/c1-20(2)29(30-18-19-31-29)17-13-21(3)24-11-12-25-23-10-9-22-8-6-7-15-27(22,4)26(23)14-16-28(24,25)5/h21-26H,1,6-19H2,2-5H3/t21-,22?,23+,24-,25+,26+,27+,28-/m1/s1. The average Bonchev–Trinajstić information content (AvgIpc) is 3.36. The zero-order valence-electron chi connectivity index (χ0n) is 20.9. The van der Waals surface area contributed by atoms with E-state index in [0.29, 0.717) is 24.0 Å². The molecule has 0 aromatic rings. The molecular weight excluding hydrogens is 380 g/mol. The van der Waals surface area contributed by atoms with E-state index in [-0.39, 0.29) is 0 Å². The van der Waals surface area contributed by atoms with Crippen LogP contribution in [0.25, 0.3) is 0 Å². The summed E-state index contributed by atoms with van der Waals surface area (Å²) in [5, 5.41) is 0. The Morgan fingerprint density at radius 2 is 1.65 bits per heavy atom. The first-order chi connectivity index (χ1) is 14.8. The first kappa shape index (κ1) is 22.5. The topological polar surface area (TPSA) is 18.5 Å². The van der Waals surface area contributed by atoms with Gasteiger partial charge in [-0.1, -0.05) is 40.2 Å². The Hall–Kier alpha value is -0.340. The zero-order valence-corrected chi connectivity index (χ0v) is 20.9. The van der Waals surface area contributed by atoms with Crippen LogP contribution < -0.4 is 0 Å². The fourth-order valence-corrected chi connectivity index (χ4v) is 9.95. The highest BCUT2D eigenvalue weighted by molar-refractivity contribution is 5.10. The van der Waals surface area contributed by atoms with Gasteiger partial charge in [0.05, 0.1) is 13.2 Å². The van der Waals surface area contributed by atoms with Gasteiger partial charge in [-0.05, 0) is 117 Å². The predicted molar refractivity (Wildman–Crippen MR) is 128 cm³/mol. The van der Waals surface area contributed by atoms with Crippen LogP contribution in [0, 0.1) is 46.3 Å². The SMILES string of the molecule is C=C(C)C1(CC[C@@H](C)[C@H]2CC[C@H]3[C@@H]4CCC5CCCC[C@]5(C)[C@H]4CC[C@]23C)OCCO1. The second-order valence-corrected chi connectivity index (χ2v) is 12.9. The minimum absolute atomic E-state index is 0.501. The van der Waals surface area contributed by atoms with Crippen LogP contribution in [-0.4, -0.2) is 19.0 Å². The third kappa shape index (κ3) is 3.49. The molecule has 0 N–H and O–H groups in total. The first-order valence-corrected chi connectivity index (χ1v) is 13.7. The van der Waals surface area contributed by atoms with E-state index >= 15 is 0 Å². The molecule has 176 valence electrons. The van der Waals surface area contributed by atoms with Gasteiger partial charge in [0.25, 0.3) is 0 Å². The molecule has 1 saturated heterocycles. The first-order valence-electron chi connectivity index (χ1n) is 13.7. The summed E-state index contributed by atoms with van der Waals surface area (Å²) in [5.41, 5.74) is 2.27. The van der Waals surface area contributed by atoms with E-state index in [0.717, 1.165) is 47.5 Å². The minimum atomic E-state index is -0.501. The van der Waals surface area contributed by atoms with Crippen LogP contribution in [0.4, 0.5) is 0 Å². The Morgan fingerprint density at radius 1 is 0.903 bits per heavy atom. The third-order valence-corrected chi connectivity index (χ3v) is 11.7. The van der Waals surface area contributed by atoms with Crippen molar-refractivity contribution >= 4 is 0 Å². The number of hydrogen-bond donors (Lipinski definition) is 0. The van der Waals surface area contributed by atoms with Crippen molar-refractivity contribution in [1.29, 1.82) is 0 Å². The van der Waals surface area contributed by atoms with Gasteiger partial charge in [-0.25, -0.2) is 0 Å². The maximum absolute atomic E-state index is 6.06. The van der Waals surface area contributed by atoms with E-state index in [1.807, 2.05) is 0 Å². The van der Waals surface area contributed by atoms with E-state index in [2.05, 4.69) is 34.3 Å². The van der Waals surface area contributed by atoms with Crippen LogP contribution in [0.3, 0.4) is 0 Å². The summed E-state index contributed by atoms with van der Waals surface area (Å²) in [6.45, 7) is 15.7. The Bertz CT molecular complexity index is 678. The van der Waals surface area contributed by atoms with Gasteiger partial charge in [-0.3, -0.25) is 0 Å². The molecule has 5 aliphatic rings. The van der Waals surface area contributed by atoms with Crippen LogP contribution in [0.15, 0.2) is 12.2 Å². The van der Waals surface area contributed by atoms with Crippen molar-refractivity contribution in [3.05, 3.63) is 12.2 Å². The van der Waals surface area contributed by atoms with Gasteiger partial charge in [-0.2, -0.15) is 0 Å². The summed E-state index contributed by atoms with van der Waals surface area (Å²) < 4.78 is 12.1. The van der Waals surface area contributed by atoms with Crippen molar-refractivity contribution in [3.63, 3.8) is 0 Å². The smallest absolute Gasteiger partial charge is 0.190 e. The van der Waals surface area contributed by atoms with Gasteiger partial charge < -0.3 is 9.47 Å². The van der Waals surface area contributed by atoms with Gasteiger partial charge in [0.15, 0.2) is 5.79 Å². The molecule has 0 bridgehead atoms. The lowest BCUT2D eigenvalue weighted by Crippen LogP contribution is -2.53. The number of fused-ring (bicyclic) bond motifs is 5. The largest absolute Gasteiger partial charge is 0.344 e. The fourth-order valence-electron chi connectivity index (χ4n) is 9.95. The lowest BCUT2D eigenvalue weighted by atomic mass is 9.44. The number of rotatable bonds is 5. The highest BCUT2D eigenvalue weighted by Gasteiger charge is 2.60. The molecule has 1 heterocycles. The molecule has 0 radical (unpaired) electrons. The zero-order chi connectivity index (χ0) is 21.9. The lowest BCUT2D eigenvalue weighted by molar-refractivity contribution is -0.136. The summed E-state index contributed by atoms with van der Waals surface area (Å²) in [4.78, 5) is 0. The maximum atomic E-state index is 6.06. The molecule has 0 spiro atoms. The van der Waals surface area contributed by atoms with Crippen molar-refractivity contribution in [2.75, 3.05) is 13.2 Å². The number of ether oxygens (including phenoxy) is 2. The highest BCUT2D eigenvalue weighted by atomic mass is 16.7. The second-order valence-electron chi connectivity index (χ2n) is 12.9. The molecule has 0 amide bonds. The maximum Gasteiger partial charge on any atom is 0.190 e. The Labute approximate surface area is 191 Å². The van der Waals surface area contributed by atoms with E-state index in [1.165, 1.54) is 70.6 Å². The molecule has 2 heteroatoms. The lowest BCUT2D eigenvalue weighted by Gasteiger charge is -2.61. The van der Waals surface area contributed by atoms with Crippen LogP contribution in [-0.2, 0) is 9.47 Å². The molecule has 4 aliphatic carbocycles. The molecule has 1 aliphatic heterocycles. The molecule has 4 saturated carbocycles. The van der Waals surface area contributed by atoms with Gasteiger partial charge >= 0.3 is 0 Å². The summed E-state index contributed by atoms with van der Waals surface area (Å²) in [6, 6.07) is 0. The van der Waals surface area contributed by atoms with Crippen LogP contribution in [0.2, 0.25) is 0 Å². The summed E-state index contributed by atoms with van der Waals surface area (Å²) in [7, 11) is 0. The summed E-state index contributed by atoms with van der Waals surface area (Å²) >= 11 is 0. The van der Waals surface area contributed by atoms with Crippen LogP contribution in [0.5, 0.6) is 0 Å². The van der Waals surface area contributed by atoms with E-state index < -0.39 is 5.79 Å². The minimum Gasteiger partial charge on any atom is -0.344 e. The quantitative estimate of drug-likeness (QED) is 0.416. The van der Waals surface area contributed by atoms with Crippen molar-refractivity contribution in [3.8, 4) is 0 Å². The van der Waals surface area contributed by atoms with Crippen molar-refractivity contribution in [2.45, 2.75) is 111 Å². The molecule has 0 aromatic carbocycles. The number of hydrogen-bond acceptors (Lipinski definition) is 2. The van der Waals surface area contributed by atoms with Gasteiger partial charge in [0, 0.05) is 6.42 Å². The van der Waals surface area contributed by atoms with Gasteiger partial charge in [-0.15, -0.1) is 0 Å². The van der Waals surface area contributed by atoms with E-state index in [4.69, 9.17) is 9.47 Å². The van der Waals surface area contributed by atoms with Crippen molar-refractivity contribution in [2.24, 2.45) is 46.3 Å². The molecule has 8 atom stereocenters. The fraction of sp³-hybridized carbons (Fsp3) is 0.931. The Morgan fingerprint density at radius 3 is 2.39 bits per heavy atom. The molecule has 2 nitrogen and oxygen atoms in total. The van der Waals surface area contributed by atoms with Crippen LogP contribution in [0.1, 0.15) is 105 Å². The third-order valence-electron chi connectivity index (χ3n) is 11.7. The van der Waals surface area contributed by atoms with Gasteiger partial charge in [0.1, 0.15) is 0 Å². The van der Waals surface area contributed by atoms with Crippen molar-refractivity contribution < 1.29 is 9.47 Å². The second kappa shape index (κ2) is 8.15. The molecule has 5 fully saturated rings. The molecular formula is C29H48O2. The summed E-state index contributed by atoms with van der Waals surface area (Å²) in [6.07, 6.45) is 17.2. The molecule has 5 rings (SSSR count). The Balaban J connectivity index is 1.28. The average molecular weight is 429 g/mol. The monoisotopic (exact) mass is 428 g/mol. The Kier molecular flexibility index (Phi) is 5.91. The highest BCUT2D eigenvalue weighted by Crippen LogP contribution is 2.68. The molecule has 1 unspecified atom stereocenters. The van der Waals surface area contributed by atoms with Crippen LogP contribution >= 0.6 is 0 Å². The van der Waals surface area contributed by atoms with E-state index in [1.54, 1.807) is 0 Å². The normalized spacial score (nSPS) is 47.3. The van der Waals surface area contributed by atoms with Gasteiger partial charge in [0.2, 0.25) is 0 Å². The van der Waals surface area contributed by atoms with E-state index in [9.17, 15) is 0 Å². The predicted octanol–water partition coefficient (Wildman–Crippen LogP) is 7.77.